The highest BCUT2D eigenvalue weighted by Gasteiger charge is 2.63. The molecule has 4 aromatic carbocycles. The largest absolute Gasteiger partial charge is 0.274 e. The van der Waals surface area contributed by atoms with Crippen LogP contribution in [0.3, 0.4) is 0 Å². The van der Waals surface area contributed by atoms with Gasteiger partial charge in [-0.3, -0.25) is 9.59 Å². The van der Waals surface area contributed by atoms with E-state index in [1.54, 1.807) is 0 Å². The molecule has 176 valence electrons. The zero-order valence-corrected chi connectivity index (χ0v) is 21.2. The van der Waals surface area contributed by atoms with Crippen molar-refractivity contribution in [2.75, 3.05) is 4.90 Å². The highest BCUT2D eigenvalue weighted by molar-refractivity contribution is 7.33. The number of para-hydroxylation sites is 1. The van der Waals surface area contributed by atoms with Crippen LogP contribution in [0, 0.1) is 11.8 Å². The molecule has 2 amide bonds. The molecule has 1 saturated heterocycles. The number of thiophene rings is 2. The summed E-state index contributed by atoms with van der Waals surface area (Å²) in [6, 6.07) is 31.1. The van der Waals surface area contributed by atoms with E-state index < -0.39 is 0 Å². The summed E-state index contributed by atoms with van der Waals surface area (Å²) in [4.78, 5) is 30.8. The van der Waals surface area contributed by atoms with Crippen LogP contribution >= 0.6 is 22.7 Å². The Morgan fingerprint density at radius 1 is 0.622 bits per heavy atom. The van der Waals surface area contributed by atoms with Crippen LogP contribution in [0.2, 0.25) is 0 Å². The van der Waals surface area contributed by atoms with Gasteiger partial charge in [0.15, 0.2) is 0 Å². The van der Waals surface area contributed by atoms with E-state index in [1.807, 2.05) is 53.0 Å². The van der Waals surface area contributed by atoms with E-state index in [0.29, 0.717) is 5.69 Å². The summed E-state index contributed by atoms with van der Waals surface area (Å²) in [5, 5.41) is 3.78. The highest BCUT2D eigenvalue weighted by atomic mass is 32.1. The highest BCUT2D eigenvalue weighted by Crippen LogP contribution is 2.65. The fraction of sp³-hybridized carbons (Fsp3) is 0.125. The van der Waals surface area contributed by atoms with Gasteiger partial charge in [-0.05, 0) is 51.7 Å². The second-order valence-electron chi connectivity index (χ2n) is 10.3. The Hall–Kier alpha value is -3.80. The monoisotopic (exact) mass is 513 g/mol. The Bertz CT molecular complexity index is 1970. The molecule has 4 atom stereocenters. The average molecular weight is 514 g/mol. The lowest BCUT2D eigenvalue weighted by molar-refractivity contribution is -0.122. The van der Waals surface area contributed by atoms with E-state index in [2.05, 4.69) is 60.7 Å². The van der Waals surface area contributed by atoms with Crippen LogP contribution in [0.4, 0.5) is 5.69 Å². The van der Waals surface area contributed by atoms with Crippen molar-refractivity contribution >= 4 is 70.4 Å². The molecular formula is C32H19NO2S2. The zero-order valence-electron chi connectivity index (χ0n) is 19.5. The molecule has 1 fully saturated rings. The maximum atomic E-state index is 14.1. The molecule has 0 saturated carbocycles. The van der Waals surface area contributed by atoms with E-state index in [4.69, 9.17) is 0 Å². The molecule has 5 heteroatoms. The number of carbonyl (C=O) groups excluding carboxylic acids is 2. The average Bonchev–Trinajstić information content (AvgIpc) is 3.56. The van der Waals surface area contributed by atoms with Crippen molar-refractivity contribution in [2.45, 2.75) is 11.8 Å². The minimum Gasteiger partial charge on any atom is -0.274 e. The molecule has 0 spiro atoms. The fourth-order valence-electron chi connectivity index (χ4n) is 7.19. The van der Waals surface area contributed by atoms with Crippen molar-refractivity contribution in [3.05, 3.63) is 113 Å². The molecule has 0 radical (unpaired) electrons. The van der Waals surface area contributed by atoms with Gasteiger partial charge >= 0.3 is 0 Å². The molecule has 2 bridgehead atoms. The van der Waals surface area contributed by atoms with Crippen molar-refractivity contribution in [1.29, 1.82) is 0 Å². The molecule has 37 heavy (non-hydrogen) atoms. The Labute approximate surface area is 220 Å². The van der Waals surface area contributed by atoms with Crippen LogP contribution in [0.25, 0.3) is 30.3 Å². The first-order valence-corrected chi connectivity index (χ1v) is 14.2. The number of amides is 2. The lowest BCUT2D eigenvalue weighted by Crippen LogP contribution is -2.40. The first kappa shape index (κ1) is 20.3. The quantitative estimate of drug-likeness (QED) is 0.212. The second-order valence-corrected chi connectivity index (χ2v) is 12.4. The topological polar surface area (TPSA) is 37.4 Å². The van der Waals surface area contributed by atoms with E-state index in [0.717, 1.165) is 0 Å². The Morgan fingerprint density at radius 2 is 1.24 bits per heavy atom. The third-order valence-electron chi connectivity index (χ3n) is 8.62. The van der Waals surface area contributed by atoms with Crippen molar-refractivity contribution in [1.82, 2.24) is 0 Å². The van der Waals surface area contributed by atoms with Crippen LogP contribution in [0.5, 0.6) is 0 Å². The predicted octanol–water partition coefficient (Wildman–Crippen LogP) is 7.67. The summed E-state index contributed by atoms with van der Waals surface area (Å²) in [5.74, 6) is -0.984. The number of anilines is 1. The fourth-order valence-corrected chi connectivity index (χ4v) is 10.2. The van der Waals surface area contributed by atoms with Crippen molar-refractivity contribution in [3.8, 4) is 0 Å². The lowest BCUT2D eigenvalue weighted by Gasteiger charge is -2.44. The van der Waals surface area contributed by atoms with Gasteiger partial charge < -0.3 is 0 Å². The van der Waals surface area contributed by atoms with E-state index in [-0.39, 0.29) is 35.5 Å². The van der Waals surface area contributed by atoms with E-state index >= 15 is 0 Å². The molecule has 4 aliphatic rings. The standard InChI is InChI=1S/C32H19NO2S2/c34-31-25-23-19-12-6-7-13-20(19)24(26(25)32(35)33(31)18-10-2-1-3-11-18)29-27(23)30-28(37-29)21-14-16-8-4-5-9-17(16)15-22(21)36-30/h1-15,23-26H/t23-,24+,25+,26-/m1/s1. The van der Waals surface area contributed by atoms with Crippen molar-refractivity contribution < 1.29 is 9.59 Å². The number of benzene rings is 4. The lowest BCUT2D eigenvalue weighted by atomic mass is 9.57. The maximum Gasteiger partial charge on any atom is 0.238 e. The van der Waals surface area contributed by atoms with Crippen LogP contribution in [0.15, 0.2) is 91.0 Å². The smallest absolute Gasteiger partial charge is 0.238 e. The predicted molar refractivity (Wildman–Crippen MR) is 151 cm³/mol. The van der Waals surface area contributed by atoms with Gasteiger partial charge in [-0.25, -0.2) is 4.90 Å². The van der Waals surface area contributed by atoms with Crippen molar-refractivity contribution in [3.63, 3.8) is 0 Å². The third kappa shape index (κ3) is 2.42. The van der Waals surface area contributed by atoms with Gasteiger partial charge in [-0.15, -0.1) is 22.7 Å². The van der Waals surface area contributed by atoms with Gasteiger partial charge in [-0.1, -0.05) is 66.7 Å². The van der Waals surface area contributed by atoms with Crippen molar-refractivity contribution in [2.24, 2.45) is 11.8 Å². The second kappa shape index (κ2) is 6.94. The SMILES string of the molecule is O=C1[C@@H]2[C@@H]3c4ccccc4[C@@H](c4c3sc3c4sc4cc5ccccc5cc43)[C@@H]2C(=O)N1c1ccccc1. The van der Waals surface area contributed by atoms with Crippen LogP contribution in [-0.4, -0.2) is 11.8 Å². The molecule has 3 aliphatic carbocycles. The number of hydrogen-bond acceptors (Lipinski definition) is 4. The number of nitrogens with zero attached hydrogens (tertiary/aromatic N) is 1. The van der Waals surface area contributed by atoms with E-state index in [1.165, 1.54) is 56.7 Å². The summed E-state index contributed by atoms with van der Waals surface area (Å²) in [6.07, 6.45) is 0. The van der Waals surface area contributed by atoms with Gasteiger partial charge in [0.25, 0.3) is 0 Å². The summed E-state index contributed by atoms with van der Waals surface area (Å²) < 4.78 is 3.89. The molecule has 0 N–H and O–H groups in total. The van der Waals surface area contributed by atoms with Gasteiger partial charge in [0.1, 0.15) is 0 Å². The Kier molecular flexibility index (Phi) is 3.80. The number of hydrogen-bond donors (Lipinski definition) is 0. The first-order valence-electron chi connectivity index (χ1n) is 12.6. The minimum absolute atomic E-state index is 0.0519. The minimum atomic E-state index is -0.359. The van der Waals surface area contributed by atoms with Gasteiger partial charge in [-0.2, -0.15) is 0 Å². The van der Waals surface area contributed by atoms with Crippen LogP contribution in [-0.2, 0) is 9.59 Å². The maximum absolute atomic E-state index is 14.1. The van der Waals surface area contributed by atoms with Gasteiger partial charge in [0, 0.05) is 26.8 Å². The summed E-state index contributed by atoms with van der Waals surface area (Å²) in [7, 11) is 0. The summed E-state index contributed by atoms with van der Waals surface area (Å²) >= 11 is 3.69. The first-order chi connectivity index (χ1) is 18.2. The molecule has 10 rings (SSSR count). The summed E-state index contributed by atoms with van der Waals surface area (Å²) in [5.41, 5.74) is 4.42. The third-order valence-corrected chi connectivity index (χ3v) is 11.3. The Morgan fingerprint density at radius 3 is 2.00 bits per heavy atom. The summed E-state index contributed by atoms with van der Waals surface area (Å²) in [6.45, 7) is 0. The molecular weight excluding hydrogens is 494 g/mol. The number of carbonyl (C=O) groups is 2. The molecule has 3 nitrogen and oxygen atoms in total. The van der Waals surface area contributed by atoms with Gasteiger partial charge in [0.05, 0.1) is 26.9 Å². The number of rotatable bonds is 1. The number of fused-ring (bicyclic) bond motifs is 4. The molecule has 6 aromatic rings. The Balaban J connectivity index is 1.32. The number of imide groups is 1. The molecule has 0 unspecified atom stereocenters. The van der Waals surface area contributed by atoms with Gasteiger partial charge in [0.2, 0.25) is 11.8 Å². The van der Waals surface area contributed by atoms with Crippen LogP contribution < -0.4 is 4.90 Å². The molecule has 3 heterocycles. The van der Waals surface area contributed by atoms with E-state index in [9.17, 15) is 9.59 Å². The zero-order chi connectivity index (χ0) is 24.4. The normalized spacial score (nSPS) is 23.7. The van der Waals surface area contributed by atoms with Crippen LogP contribution in [0.1, 0.15) is 33.4 Å². The molecule has 1 aliphatic heterocycles. The molecule has 2 aromatic heterocycles.